The van der Waals surface area contributed by atoms with Crippen LogP contribution in [-0.4, -0.2) is 22.2 Å². The van der Waals surface area contributed by atoms with Crippen molar-refractivity contribution < 1.29 is 4.79 Å². The fourth-order valence-corrected chi connectivity index (χ4v) is 1.06. The number of rotatable bonds is 3. The summed E-state index contributed by atoms with van der Waals surface area (Å²) in [6.45, 7) is 4.62. The summed E-state index contributed by atoms with van der Waals surface area (Å²) in [6.07, 6.45) is 2.55. The first-order valence-corrected chi connectivity index (χ1v) is 4.43. The van der Waals surface area contributed by atoms with Crippen molar-refractivity contribution in [1.29, 1.82) is 0 Å². The van der Waals surface area contributed by atoms with Crippen molar-refractivity contribution in [2.24, 2.45) is 7.05 Å². The van der Waals surface area contributed by atoms with Gasteiger partial charge in [0.25, 0.3) is 5.91 Å². The second-order valence-corrected chi connectivity index (χ2v) is 3.02. The molecule has 4 heteroatoms. The largest absolute Gasteiger partial charge is 0.352 e. The van der Waals surface area contributed by atoms with Crippen molar-refractivity contribution >= 4 is 5.91 Å². The maximum atomic E-state index is 11.5. The minimum absolute atomic E-state index is 0.0348. The van der Waals surface area contributed by atoms with Crippen LogP contribution in [-0.2, 0) is 7.05 Å². The highest BCUT2D eigenvalue weighted by Crippen LogP contribution is 2.04. The highest BCUT2D eigenvalue weighted by molar-refractivity contribution is 5.94. The van der Waals surface area contributed by atoms with Crippen LogP contribution in [0.3, 0.4) is 0 Å². The fraction of sp³-hybridized carbons (Fsp3) is 0.556. The lowest BCUT2D eigenvalue weighted by atomic mass is 10.2. The molecule has 0 unspecified atom stereocenters. The second-order valence-electron chi connectivity index (χ2n) is 3.02. The third-order valence-electron chi connectivity index (χ3n) is 2.02. The minimum atomic E-state index is -0.0348. The SMILES string of the molecule is CCCNC(=O)c1cnn(C)c1C. The van der Waals surface area contributed by atoms with Gasteiger partial charge in [-0.3, -0.25) is 9.48 Å². The maximum absolute atomic E-state index is 11.5. The highest BCUT2D eigenvalue weighted by atomic mass is 16.1. The molecule has 1 aromatic rings. The van der Waals surface area contributed by atoms with Crippen LogP contribution in [0, 0.1) is 6.92 Å². The molecular weight excluding hydrogens is 166 g/mol. The number of aromatic nitrogens is 2. The van der Waals surface area contributed by atoms with Crippen molar-refractivity contribution in [1.82, 2.24) is 15.1 Å². The van der Waals surface area contributed by atoms with Crippen molar-refractivity contribution in [3.63, 3.8) is 0 Å². The van der Waals surface area contributed by atoms with Gasteiger partial charge in [-0.1, -0.05) is 6.92 Å². The van der Waals surface area contributed by atoms with Gasteiger partial charge in [-0.2, -0.15) is 5.10 Å². The quantitative estimate of drug-likeness (QED) is 0.752. The Labute approximate surface area is 77.9 Å². The molecule has 1 N–H and O–H groups in total. The zero-order valence-electron chi connectivity index (χ0n) is 8.29. The van der Waals surface area contributed by atoms with Gasteiger partial charge >= 0.3 is 0 Å². The third-order valence-corrected chi connectivity index (χ3v) is 2.02. The molecule has 0 radical (unpaired) electrons. The van der Waals surface area contributed by atoms with Crippen LogP contribution in [0.15, 0.2) is 6.20 Å². The van der Waals surface area contributed by atoms with Gasteiger partial charge in [0.15, 0.2) is 0 Å². The lowest BCUT2D eigenvalue weighted by molar-refractivity contribution is 0.0953. The monoisotopic (exact) mass is 181 g/mol. The molecule has 1 heterocycles. The Morgan fingerprint density at radius 1 is 1.69 bits per heavy atom. The van der Waals surface area contributed by atoms with Gasteiger partial charge in [0, 0.05) is 19.3 Å². The number of hydrogen-bond donors (Lipinski definition) is 1. The number of carbonyl (C=O) groups excluding carboxylic acids is 1. The van der Waals surface area contributed by atoms with E-state index in [4.69, 9.17) is 0 Å². The molecule has 0 aliphatic heterocycles. The van der Waals surface area contributed by atoms with Crippen LogP contribution >= 0.6 is 0 Å². The Morgan fingerprint density at radius 3 is 2.85 bits per heavy atom. The van der Waals surface area contributed by atoms with E-state index in [0.29, 0.717) is 12.1 Å². The van der Waals surface area contributed by atoms with Crippen molar-refractivity contribution in [2.75, 3.05) is 6.54 Å². The Morgan fingerprint density at radius 2 is 2.38 bits per heavy atom. The average molecular weight is 181 g/mol. The smallest absolute Gasteiger partial charge is 0.254 e. The zero-order valence-corrected chi connectivity index (χ0v) is 8.29. The summed E-state index contributed by atoms with van der Waals surface area (Å²) >= 11 is 0. The van der Waals surface area contributed by atoms with E-state index in [1.165, 1.54) is 0 Å². The van der Waals surface area contributed by atoms with Crippen LogP contribution in [0.4, 0.5) is 0 Å². The maximum Gasteiger partial charge on any atom is 0.254 e. The number of aryl methyl sites for hydroxylation is 1. The molecule has 1 amide bonds. The molecule has 1 aromatic heterocycles. The Hall–Kier alpha value is -1.32. The lowest BCUT2D eigenvalue weighted by Gasteiger charge is -2.01. The van der Waals surface area contributed by atoms with E-state index in [-0.39, 0.29) is 5.91 Å². The molecule has 0 atom stereocenters. The molecule has 0 aliphatic carbocycles. The molecule has 0 bridgehead atoms. The van der Waals surface area contributed by atoms with Crippen molar-refractivity contribution in [3.05, 3.63) is 17.5 Å². The predicted molar refractivity (Wildman–Crippen MR) is 50.6 cm³/mol. The van der Waals surface area contributed by atoms with Crippen LogP contribution < -0.4 is 5.32 Å². The van der Waals surface area contributed by atoms with E-state index >= 15 is 0 Å². The van der Waals surface area contributed by atoms with Crippen LogP contribution in [0.2, 0.25) is 0 Å². The van der Waals surface area contributed by atoms with Crippen molar-refractivity contribution in [3.8, 4) is 0 Å². The Kier molecular flexibility index (Phi) is 3.06. The summed E-state index contributed by atoms with van der Waals surface area (Å²) in [7, 11) is 1.83. The molecule has 13 heavy (non-hydrogen) atoms. The van der Waals surface area contributed by atoms with Gasteiger partial charge in [0.1, 0.15) is 0 Å². The summed E-state index contributed by atoms with van der Waals surface area (Å²) in [4.78, 5) is 11.5. The molecule has 0 saturated heterocycles. The normalized spacial score (nSPS) is 10.1. The molecule has 0 aliphatic rings. The number of carbonyl (C=O) groups is 1. The van der Waals surface area contributed by atoms with Crippen LogP contribution in [0.25, 0.3) is 0 Å². The van der Waals surface area contributed by atoms with E-state index < -0.39 is 0 Å². The van der Waals surface area contributed by atoms with Gasteiger partial charge in [-0.05, 0) is 13.3 Å². The molecule has 0 aromatic carbocycles. The first-order valence-electron chi connectivity index (χ1n) is 4.43. The summed E-state index contributed by atoms with van der Waals surface area (Å²) in [6, 6.07) is 0. The summed E-state index contributed by atoms with van der Waals surface area (Å²) < 4.78 is 1.70. The van der Waals surface area contributed by atoms with E-state index in [1.807, 2.05) is 20.9 Å². The minimum Gasteiger partial charge on any atom is -0.352 e. The summed E-state index contributed by atoms with van der Waals surface area (Å²) in [5, 5.41) is 6.81. The first-order chi connectivity index (χ1) is 6.16. The first kappa shape index (κ1) is 9.77. The molecule has 72 valence electrons. The highest BCUT2D eigenvalue weighted by Gasteiger charge is 2.10. The third kappa shape index (κ3) is 2.08. The van der Waals surface area contributed by atoms with E-state index in [0.717, 1.165) is 12.1 Å². The fourth-order valence-electron chi connectivity index (χ4n) is 1.06. The predicted octanol–water partition coefficient (Wildman–Crippen LogP) is 0.868. The average Bonchev–Trinajstić information content (AvgIpc) is 2.44. The molecule has 0 fully saturated rings. The molecular formula is C9H15N3O. The molecule has 1 rings (SSSR count). The number of hydrogen-bond acceptors (Lipinski definition) is 2. The van der Waals surface area contributed by atoms with E-state index in [2.05, 4.69) is 10.4 Å². The van der Waals surface area contributed by atoms with Gasteiger partial charge in [-0.25, -0.2) is 0 Å². The van der Waals surface area contributed by atoms with Crippen molar-refractivity contribution in [2.45, 2.75) is 20.3 Å². The molecule has 4 nitrogen and oxygen atoms in total. The lowest BCUT2D eigenvalue weighted by Crippen LogP contribution is -2.24. The van der Waals surface area contributed by atoms with Gasteiger partial charge in [0.05, 0.1) is 11.8 Å². The number of nitrogens with zero attached hydrogens (tertiary/aromatic N) is 2. The summed E-state index contributed by atoms with van der Waals surface area (Å²) in [5.41, 5.74) is 1.56. The summed E-state index contributed by atoms with van der Waals surface area (Å²) in [5.74, 6) is -0.0348. The second kappa shape index (κ2) is 4.07. The van der Waals surface area contributed by atoms with Gasteiger partial charge in [-0.15, -0.1) is 0 Å². The molecule has 0 spiro atoms. The Bertz CT molecular complexity index is 304. The van der Waals surface area contributed by atoms with E-state index in [1.54, 1.807) is 10.9 Å². The van der Waals surface area contributed by atoms with Gasteiger partial charge in [0.2, 0.25) is 0 Å². The number of amides is 1. The van der Waals surface area contributed by atoms with Crippen LogP contribution in [0.1, 0.15) is 29.4 Å². The van der Waals surface area contributed by atoms with Crippen LogP contribution in [0.5, 0.6) is 0 Å². The van der Waals surface area contributed by atoms with Gasteiger partial charge < -0.3 is 5.32 Å². The standard InChI is InChI=1S/C9H15N3O/c1-4-5-10-9(13)8-6-11-12(3)7(8)2/h6H,4-5H2,1-3H3,(H,10,13). The topological polar surface area (TPSA) is 46.9 Å². The Balaban J connectivity index is 2.71. The zero-order chi connectivity index (χ0) is 9.84. The number of nitrogens with one attached hydrogen (secondary N) is 1. The van der Waals surface area contributed by atoms with E-state index in [9.17, 15) is 4.79 Å². The molecule has 0 saturated carbocycles.